The molecule has 0 N–H and O–H groups in total. The smallest absolute Gasteiger partial charge is 0.269 e. The highest BCUT2D eigenvalue weighted by Gasteiger charge is 2.24. The standard InChI is InChI=1S/C20H24N2O5S/c1-16(18-11-6-12-19(14-18)22(24)25)21(2)20(23)15-28(26,27)13-7-10-17-8-4-3-5-9-17/h3-6,8-9,11-12,14,16H,7,10,13,15H2,1-2H3. The molecule has 150 valence electrons. The summed E-state index contributed by atoms with van der Waals surface area (Å²) >= 11 is 0. The molecule has 1 unspecified atom stereocenters. The number of nitro benzene ring substituents is 1. The van der Waals surface area contributed by atoms with E-state index in [0.717, 1.165) is 5.56 Å². The molecule has 0 aliphatic rings. The number of carbonyl (C=O) groups is 1. The summed E-state index contributed by atoms with van der Waals surface area (Å²) in [6.07, 6.45) is 1.08. The van der Waals surface area contributed by atoms with Crippen LogP contribution in [-0.4, -0.2) is 42.7 Å². The van der Waals surface area contributed by atoms with E-state index in [1.165, 1.54) is 24.1 Å². The number of hydrogen-bond donors (Lipinski definition) is 0. The maximum Gasteiger partial charge on any atom is 0.269 e. The zero-order valence-corrected chi connectivity index (χ0v) is 16.8. The van der Waals surface area contributed by atoms with Crippen molar-refractivity contribution in [1.82, 2.24) is 4.90 Å². The Morgan fingerprint density at radius 3 is 2.46 bits per heavy atom. The monoisotopic (exact) mass is 404 g/mol. The lowest BCUT2D eigenvalue weighted by Gasteiger charge is -2.25. The Labute approximate surface area is 165 Å². The Bertz CT molecular complexity index is 929. The average molecular weight is 404 g/mol. The van der Waals surface area contributed by atoms with Crippen LogP contribution in [0.2, 0.25) is 0 Å². The van der Waals surface area contributed by atoms with Crippen LogP contribution in [-0.2, 0) is 21.1 Å². The minimum atomic E-state index is -3.53. The van der Waals surface area contributed by atoms with Crippen molar-refractivity contribution < 1.29 is 18.1 Å². The van der Waals surface area contributed by atoms with Crippen LogP contribution in [0.4, 0.5) is 5.69 Å². The minimum absolute atomic E-state index is 0.0628. The predicted molar refractivity (Wildman–Crippen MR) is 108 cm³/mol. The van der Waals surface area contributed by atoms with Crippen LogP contribution in [0.25, 0.3) is 0 Å². The van der Waals surface area contributed by atoms with Crippen molar-refractivity contribution in [1.29, 1.82) is 0 Å². The molecule has 0 radical (unpaired) electrons. The molecular formula is C20H24N2O5S. The van der Waals surface area contributed by atoms with Crippen molar-refractivity contribution in [2.24, 2.45) is 0 Å². The highest BCUT2D eigenvalue weighted by molar-refractivity contribution is 7.92. The molecule has 28 heavy (non-hydrogen) atoms. The Morgan fingerprint density at radius 2 is 1.82 bits per heavy atom. The molecule has 0 aliphatic carbocycles. The topological polar surface area (TPSA) is 97.6 Å². The Kier molecular flexibility index (Phi) is 7.28. The van der Waals surface area contributed by atoms with E-state index in [1.807, 2.05) is 30.3 Å². The van der Waals surface area contributed by atoms with Crippen molar-refractivity contribution in [3.63, 3.8) is 0 Å². The Hall–Kier alpha value is -2.74. The fourth-order valence-corrected chi connectivity index (χ4v) is 4.15. The lowest BCUT2D eigenvalue weighted by molar-refractivity contribution is -0.384. The van der Waals surface area contributed by atoms with Crippen LogP contribution >= 0.6 is 0 Å². The van der Waals surface area contributed by atoms with E-state index in [-0.39, 0.29) is 11.4 Å². The number of amides is 1. The summed E-state index contributed by atoms with van der Waals surface area (Å²) in [5.74, 6) is -1.16. The molecule has 8 heteroatoms. The van der Waals surface area contributed by atoms with Gasteiger partial charge in [0.15, 0.2) is 9.84 Å². The number of nitro groups is 1. The summed E-state index contributed by atoms with van der Waals surface area (Å²) in [6.45, 7) is 1.71. The molecule has 2 rings (SSSR count). The number of benzene rings is 2. The summed E-state index contributed by atoms with van der Waals surface area (Å²) in [5, 5.41) is 10.9. The third-order valence-electron chi connectivity index (χ3n) is 4.64. The maximum atomic E-state index is 12.4. The number of non-ortho nitro benzene ring substituents is 1. The van der Waals surface area contributed by atoms with Gasteiger partial charge in [-0.15, -0.1) is 0 Å². The minimum Gasteiger partial charge on any atom is -0.338 e. The summed E-state index contributed by atoms with van der Waals surface area (Å²) in [5.41, 5.74) is 1.56. The van der Waals surface area contributed by atoms with Crippen molar-refractivity contribution in [2.75, 3.05) is 18.6 Å². The van der Waals surface area contributed by atoms with Crippen LogP contribution in [0.5, 0.6) is 0 Å². The molecule has 0 heterocycles. The Balaban J connectivity index is 1.94. The summed E-state index contributed by atoms with van der Waals surface area (Å²) in [4.78, 5) is 24.2. The number of rotatable bonds is 9. The van der Waals surface area contributed by atoms with Gasteiger partial charge in [0, 0.05) is 19.2 Å². The SMILES string of the molecule is CC(c1cccc([N+](=O)[O-])c1)N(C)C(=O)CS(=O)(=O)CCCc1ccccc1. The molecule has 1 atom stereocenters. The molecule has 0 saturated carbocycles. The molecular weight excluding hydrogens is 380 g/mol. The maximum absolute atomic E-state index is 12.4. The van der Waals surface area contributed by atoms with Gasteiger partial charge in [-0.25, -0.2) is 8.42 Å². The van der Waals surface area contributed by atoms with Gasteiger partial charge >= 0.3 is 0 Å². The van der Waals surface area contributed by atoms with Crippen molar-refractivity contribution in [3.8, 4) is 0 Å². The fraction of sp³-hybridized carbons (Fsp3) is 0.350. The van der Waals surface area contributed by atoms with E-state index in [2.05, 4.69) is 0 Å². The number of nitrogens with zero attached hydrogens (tertiary/aromatic N) is 2. The van der Waals surface area contributed by atoms with Crippen LogP contribution in [0.15, 0.2) is 54.6 Å². The molecule has 0 aromatic heterocycles. The second kappa shape index (κ2) is 9.45. The van der Waals surface area contributed by atoms with Gasteiger partial charge in [0.1, 0.15) is 5.75 Å². The van der Waals surface area contributed by atoms with Crippen molar-refractivity contribution >= 4 is 21.4 Å². The lowest BCUT2D eigenvalue weighted by atomic mass is 10.1. The first-order valence-electron chi connectivity index (χ1n) is 8.94. The fourth-order valence-electron chi connectivity index (χ4n) is 2.84. The van der Waals surface area contributed by atoms with Gasteiger partial charge < -0.3 is 4.90 Å². The zero-order valence-electron chi connectivity index (χ0n) is 15.9. The molecule has 0 bridgehead atoms. The first-order chi connectivity index (χ1) is 13.2. The van der Waals surface area contributed by atoms with Crippen molar-refractivity contribution in [2.45, 2.75) is 25.8 Å². The summed E-state index contributed by atoms with van der Waals surface area (Å²) in [7, 11) is -2.03. The molecule has 7 nitrogen and oxygen atoms in total. The van der Waals surface area contributed by atoms with Gasteiger partial charge in [-0.3, -0.25) is 14.9 Å². The highest BCUT2D eigenvalue weighted by atomic mass is 32.2. The van der Waals surface area contributed by atoms with Gasteiger partial charge in [0.25, 0.3) is 5.69 Å². The van der Waals surface area contributed by atoms with Crippen LogP contribution in [0, 0.1) is 10.1 Å². The van der Waals surface area contributed by atoms with Gasteiger partial charge in [0.05, 0.1) is 16.7 Å². The molecule has 0 spiro atoms. The van der Waals surface area contributed by atoms with Crippen LogP contribution in [0.1, 0.15) is 30.5 Å². The van der Waals surface area contributed by atoms with Crippen LogP contribution < -0.4 is 0 Å². The zero-order chi connectivity index (χ0) is 20.7. The van der Waals surface area contributed by atoms with E-state index in [9.17, 15) is 23.3 Å². The van der Waals surface area contributed by atoms with E-state index >= 15 is 0 Å². The first-order valence-corrected chi connectivity index (χ1v) is 10.8. The largest absolute Gasteiger partial charge is 0.338 e. The summed E-state index contributed by atoms with van der Waals surface area (Å²) < 4.78 is 24.6. The van der Waals surface area contributed by atoms with E-state index in [4.69, 9.17) is 0 Å². The first kappa shape index (κ1) is 21.6. The number of aryl methyl sites for hydroxylation is 1. The normalized spacial score (nSPS) is 12.4. The Morgan fingerprint density at radius 1 is 1.14 bits per heavy atom. The van der Waals surface area contributed by atoms with Gasteiger partial charge in [-0.1, -0.05) is 42.5 Å². The quantitative estimate of drug-likeness (QED) is 0.472. The van der Waals surface area contributed by atoms with Crippen LogP contribution in [0.3, 0.4) is 0 Å². The molecule has 0 saturated heterocycles. The van der Waals surface area contributed by atoms with Gasteiger partial charge in [-0.05, 0) is 30.9 Å². The average Bonchev–Trinajstić information content (AvgIpc) is 2.67. The van der Waals surface area contributed by atoms with Crippen molar-refractivity contribution in [3.05, 3.63) is 75.8 Å². The molecule has 0 aliphatic heterocycles. The van der Waals surface area contributed by atoms with Gasteiger partial charge in [-0.2, -0.15) is 0 Å². The predicted octanol–water partition coefficient (Wildman–Crippen LogP) is 3.16. The second-order valence-corrected chi connectivity index (χ2v) is 8.90. The van der Waals surface area contributed by atoms with E-state index in [0.29, 0.717) is 18.4 Å². The van der Waals surface area contributed by atoms with E-state index < -0.39 is 32.5 Å². The number of sulfone groups is 1. The number of hydrogen-bond acceptors (Lipinski definition) is 5. The molecule has 1 amide bonds. The molecule has 2 aromatic carbocycles. The third-order valence-corrected chi connectivity index (χ3v) is 6.24. The number of carbonyl (C=O) groups excluding carboxylic acids is 1. The summed E-state index contributed by atoms with van der Waals surface area (Å²) in [6, 6.07) is 15.1. The highest BCUT2D eigenvalue weighted by Crippen LogP contribution is 2.23. The molecule has 0 fully saturated rings. The lowest BCUT2D eigenvalue weighted by Crippen LogP contribution is -2.35. The van der Waals surface area contributed by atoms with Gasteiger partial charge in [0.2, 0.25) is 5.91 Å². The molecule has 2 aromatic rings. The second-order valence-electron chi connectivity index (χ2n) is 6.71. The van der Waals surface area contributed by atoms with E-state index in [1.54, 1.807) is 19.1 Å². The third kappa shape index (κ3) is 6.16.